The van der Waals surface area contributed by atoms with Crippen LogP contribution in [0.3, 0.4) is 0 Å². The quantitative estimate of drug-likeness (QED) is 0.498. The van der Waals surface area contributed by atoms with Crippen molar-refractivity contribution in [3.8, 4) is 0 Å². The first kappa shape index (κ1) is 16.1. The summed E-state index contributed by atoms with van der Waals surface area (Å²) < 4.78 is 45.4. The number of aromatic nitrogens is 1. The Morgan fingerprint density at radius 1 is 1.32 bits per heavy atom. The fraction of sp³-hybridized carbons (Fsp3) is 0.0625. The molecule has 25 heavy (non-hydrogen) atoms. The molecule has 1 fully saturated rings. The lowest BCUT2D eigenvalue weighted by Crippen LogP contribution is -2.17. The zero-order valence-electron chi connectivity index (χ0n) is 12.2. The third-order valence-electron chi connectivity index (χ3n) is 3.61. The second-order valence-corrected chi connectivity index (χ2v) is 6.96. The summed E-state index contributed by atoms with van der Waals surface area (Å²) in [4.78, 5) is 16.0. The Morgan fingerprint density at radius 3 is 2.80 bits per heavy atom. The number of rotatable bonds is 1. The Hall–Kier alpha value is -2.39. The van der Waals surface area contributed by atoms with Gasteiger partial charge in [0.05, 0.1) is 16.0 Å². The van der Waals surface area contributed by atoms with Crippen molar-refractivity contribution in [2.75, 3.05) is 0 Å². The van der Waals surface area contributed by atoms with Crippen LogP contribution >= 0.6 is 24.0 Å². The van der Waals surface area contributed by atoms with Crippen molar-refractivity contribution in [1.82, 2.24) is 10.3 Å². The summed E-state index contributed by atoms with van der Waals surface area (Å²) in [6, 6.07) is 5.43. The van der Waals surface area contributed by atoms with Gasteiger partial charge < -0.3 is 9.73 Å². The molecule has 9 heteroatoms. The Bertz CT molecular complexity index is 1090. The first-order chi connectivity index (χ1) is 11.8. The number of benzene rings is 1. The number of amides is 1. The van der Waals surface area contributed by atoms with Gasteiger partial charge in [-0.2, -0.15) is 13.2 Å². The number of carbonyl (C=O) groups is 1. The van der Waals surface area contributed by atoms with Gasteiger partial charge in [-0.25, -0.2) is 0 Å². The van der Waals surface area contributed by atoms with Crippen molar-refractivity contribution in [2.45, 2.75) is 6.18 Å². The molecule has 1 saturated heterocycles. The molecule has 1 N–H and O–H groups in total. The molecule has 126 valence electrons. The van der Waals surface area contributed by atoms with Crippen LogP contribution < -0.4 is 5.32 Å². The molecule has 3 heterocycles. The number of halogens is 3. The van der Waals surface area contributed by atoms with E-state index in [-0.39, 0.29) is 22.4 Å². The normalized spacial score (nSPS) is 17.0. The predicted octanol–water partition coefficient (Wildman–Crippen LogP) is 4.49. The van der Waals surface area contributed by atoms with Gasteiger partial charge in [-0.15, -0.1) is 0 Å². The minimum absolute atomic E-state index is 0.176. The van der Waals surface area contributed by atoms with Gasteiger partial charge in [0, 0.05) is 23.0 Å². The maximum Gasteiger partial charge on any atom is 0.418 e. The molecule has 1 aromatic carbocycles. The average Bonchev–Trinajstić information content (AvgIpc) is 3.08. The van der Waals surface area contributed by atoms with Crippen molar-refractivity contribution in [2.24, 2.45) is 0 Å². The summed E-state index contributed by atoms with van der Waals surface area (Å²) in [5.41, 5.74) is -0.710. The third kappa shape index (κ3) is 2.79. The van der Waals surface area contributed by atoms with Gasteiger partial charge in [-0.1, -0.05) is 30.0 Å². The molecule has 0 spiro atoms. The van der Waals surface area contributed by atoms with Crippen LogP contribution in [0.15, 0.2) is 39.8 Å². The molecular weight excluding hydrogens is 373 g/mol. The van der Waals surface area contributed by atoms with E-state index in [1.807, 2.05) is 0 Å². The van der Waals surface area contributed by atoms with Gasteiger partial charge in [-0.3, -0.25) is 9.78 Å². The van der Waals surface area contributed by atoms with Gasteiger partial charge in [0.1, 0.15) is 15.7 Å². The van der Waals surface area contributed by atoms with E-state index in [9.17, 15) is 18.0 Å². The second kappa shape index (κ2) is 5.57. The third-order valence-corrected chi connectivity index (χ3v) is 4.78. The molecular formula is C16H7F3N2O2S2. The van der Waals surface area contributed by atoms with Crippen LogP contribution in [0.4, 0.5) is 13.2 Å². The number of thioether (sulfide) groups is 1. The fourth-order valence-corrected chi connectivity index (χ4v) is 3.61. The van der Waals surface area contributed by atoms with Gasteiger partial charge in [0.2, 0.25) is 0 Å². The maximum atomic E-state index is 13.1. The van der Waals surface area contributed by atoms with Crippen LogP contribution in [0.2, 0.25) is 0 Å². The summed E-state index contributed by atoms with van der Waals surface area (Å²) in [6.45, 7) is 0. The van der Waals surface area contributed by atoms with Crippen molar-refractivity contribution >= 4 is 62.2 Å². The minimum Gasteiger partial charge on any atom is -0.456 e. The largest absolute Gasteiger partial charge is 0.456 e. The van der Waals surface area contributed by atoms with E-state index in [2.05, 4.69) is 10.3 Å². The number of hydrogen-bond donors (Lipinski definition) is 1. The summed E-state index contributed by atoms with van der Waals surface area (Å²) in [6.07, 6.45) is -1.69. The molecule has 4 nitrogen and oxygen atoms in total. The summed E-state index contributed by atoms with van der Waals surface area (Å²) in [5.74, 6) is 0.00172. The number of thiocarbonyl (C=S) groups is 1. The van der Waals surface area contributed by atoms with E-state index in [4.69, 9.17) is 16.6 Å². The van der Waals surface area contributed by atoms with Gasteiger partial charge in [0.15, 0.2) is 0 Å². The van der Waals surface area contributed by atoms with Crippen LogP contribution in [0.1, 0.15) is 11.3 Å². The van der Waals surface area contributed by atoms with Crippen LogP contribution in [-0.4, -0.2) is 15.2 Å². The molecule has 0 aliphatic carbocycles. The van der Waals surface area contributed by atoms with E-state index < -0.39 is 11.7 Å². The van der Waals surface area contributed by atoms with E-state index in [0.717, 1.165) is 17.8 Å². The number of furan rings is 1. The zero-order chi connectivity index (χ0) is 17.8. The van der Waals surface area contributed by atoms with Crippen molar-refractivity contribution in [3.05, 3.63) is 46.7 Å². The van der Waals surface area contributed by atoms with Gasteiger partial charge >= 0.3 is 6.18 Å². The highest BCUT2D eigenvalue weighted by atomic mass is 32.2. The molecule has 0 unspecified atom stereocenters. The Balaban J connectivity index is 1.89. The van der Waals surface area contributed by atoms with Crippen LogP contribution in [0.5, 0.6) is 0 Å². The second-order valence-electron chi connectivity index (χ2n) is 5.24. The molecule has 3 aromatic rings. The molecule has 0 bridgehead atoms. The number of para-hydroxylation sites is 1. The first-order valence-electron chi connectivity index (χ1n) is 6.96. The molecule has 1 aliphatic heterocycles. The lowest BCUT2D eigenvalue weighted by atomic mass is 10.1. The number of pyridine rings is 1. The predicted molar refractivity (Wildman–Crippen MR) is 92.8 cm³/mol. The topological polar surface area (TPSA) is 55.1 Å². The van der Waals surface area contributed by atoms with Crippen LogP contribution in [0, 0.1) is 0 Å². The molecule has 4 rings (SSSR count). The van der Waals surface area contributed by atoms with Crippen molar-refractivity contribution in [3.63, 3.8) is 0 Å². The first-order valence-corrected chi connectivity index (χ1v) is 8.19. The number of hydrogen-bond acceptors (Lipinski definition) is 5. The monoisotopic (exact) mass is 380 g/mol. The summed E-state index contributed by atoms with van der Waals surface area (Å²) >= 11 is 6.00. The highest BCUT2D eigenvalue weighted by Crippen LogP contribution is 2.37. The molecule has 2 aromatic heterocycles. The average molecular weight is 380 g/mol. The molecule has 0 atom stereocenters. The lowest BCUT2D eigenvalue weighted by Gasteiger charge is -2.09. The fourth-order valence-electron chi connectivity index (χ4n) is 2.58. The SMILES string of the molecule is O=C1NC(=S)S/C1=C\c1cc2cnc3c(C(F)(F)F)cccc3c2o1. The van der Waals surface area contributed by atoms with Gasteiger partial charge in [0.25, 0.3) is 5.91 Å². The minimum atomic E-state index is -4.51. The summed E-state index contributed by atoms with van der Waals surface area (Å²) in [5, 5.41) is 3.29. The summed E-state index contributed by atoms with van der Waals surface area (Å²) in [7, 11) is 0. The van der Waals surface area contributed by atoms with Crippen molar-refractivity contribution < 1.29 is 22.4 Å². The Morgan fingerprint density at radius 2 is 2.12 bits per heavy atom. The standard InChI is InChI=1S/C16H7F3N2O2S2/c17-16(18,19)10-3-1-2-9-12(10)20-6-7-4-8(23-13(7)9)5-11-14(22)21-15(24)25-11/h1-6H,(H,21,22,24)/b11-5-. The lowest BCUT2D eigenvalue weighted by molar-refractivity contribution is -0.136. The Labute approximate surface area is 148 Å². The number of carbonyl (C=O) groups excluding carboxylic acids is 1. The Kier molecular flexibility index (Phi) is 3.58. The van der Waals surface area contributed by atoms with Crippen LogP contribution in [-0.2, 0) is 11.0 Å². The smallest absolute Gasteiger partial charge is 0.418 e. The van der Waals surface area contributed by atoms with E-state index in [0.29, 0.717) is 20.4 Å². The van der Waals surface area contributed by atoms with Crippen LogP contribution in [0.25, 0.3) is 27.9 Å². The number of fused-ring (bicyclic) bond motifs is 3. The van der Waals surface area contributed by atoms with E-state index >= 15 is 0 Å². The van der Waals surface area contributed by atoms with Gasteiger partial charge in [-0.05, 0) is 18.2 Å². The molecule has 1 amide bonds. The number of nitrogens with one attached hydrogen (secondary N) is 1. The number of nitrogens with zero attached hydrogens (tertiary/aromatic N) is 1. The highest BCUT2D eigenvalue weighted by molar-refractivity contribution is 8.26. The zero-order valence-corrected chi connectivity index (χ0v) is 13.8. The van der Waals surface area contributed by atoms with Crippen molar-refractivity contribution in [1.29, 1.82) is 0 Å². The highest BCUT2D eigenvalue weighted by Gasteiger charge is 2.33. The molecule has 0 radical (unpaired) electrons. The number of alkyl halides is 3. The van der Waals surface area contributed by atoms with E-state index in [1.165, 1.54) is 24.4 Å². The maximum absolute atomic E-state index is 13.1. The molecule has 0 saturated carbocycles. The van der Waals surface area contributed by atoms with E-state index in [1.54, 1.807) is 6.07 Å². The molecule has 1 aliphatic rings.